The van der Waals surface area contributed by atoms with Gasteiger partial charge in [0.05, 0.1) is 41.8 Å². The number of methoxy groups -OCH3 is 1. The van der Waals surface area contributed by atoms with Crippen molar-refractivity contribution in [3.63, 3.8) is 0 Å². The van der Waals surface area contributed by atoms with Crippen LogP contribution >= 0.6 is 11.6 Å². The largest absolute Gasteiger partial charge is 0.497 e. The van der Waals surface area contributed by atoms with Crippen LogP contribution in [-0.4, -0.2) is 42.7 Å². The van der Waals surface area contributed by atoms with Crippen LogP contribution in [-0.2, 0) is 11.4 Å². The van der Waals surface area contributed by atoms with E-state index in [2.05, 4.69) is 15.2 Å². The standard InChI is InChI=1S/C31H24ClN7O3/c1-19-26-27(21-8-14-24(40-2)15-9-21)28-29-35-25(17-41-34-16-20-6-4-3-5-7-20)37-38(29)18-33-30(28)42-31(26)39(36-19)23-12-10-22(32)11-13-23/h3-16,18,27H,17H2,1-2H3/b34-16+. The first-order valence-corrected chi connectivity index (χ1v) is 13.6. The van der Waals surface area contributed by atoms with Gasteiger partial charge in [0.15, 0.2) is 18.1 Å². The van der Waals surface area contributed by atoms with Crippen LogP contribution in [0.1, 0.15) is 39.7 Å². The molecule has 11 heteroatoms. The van der Waals surface area contributed by atoms with Crippen molar-refractivity contribution >= 4 is 23.5 Å². The lowest BCUT2D eigenvalue weighted by Gasteiger charge is -2.26. The number of halogens is 1. The number of fused-ring (bicyclic) bond motifs is 4. The Morgan fingerprint density at radius 2 is 1.76 bits per heavy atom. The molecule has 0 aliphatic carbocycles. The van der Waals surface area contributed by atoms with Crippen LogP contribution in [0.3, 0.4) is 0 Å². The van der Waals surface area contributed by atoms with Gasteiger partial charge in [0.2, 0.25) is 11.8 Å². The molecule has 1 aliphatic heterocycles. The number of nitrogens with zero attached hydrogens (tertiary/aromatic N) is 7. The van der Waals surface area contributed by atoms with Crippen LogP contribution in [0.2, 0.25) is 5.02 Å². The van der Waals surface area contributed by atoms with Crippen LogP contribution < -0.4 is 9.47 Å². The number of aromatic nitrogens is 6. The summed E-state index contributed by atoms with van der Waals surface area (Å²) in [6.45, 7) is 2.06. The number of aryl methyl sites for hydroxylation is 1. The average molecular weight is 578 g/mol. The Bertz CT molecular complexity index is 1920. The van der Waals surface area contributed by atoms with E-state index in [1.807, 2.05) is 85.8 Å². The third-order valence-electron chi connectivity index (χ3n) is 7.05. The molecule has 3 aromatic heterocycles. The molecular weight excluding hydrogens is 554 g/mol. The van der Waals surface area contributed by atoms with Crippen molar-refractivity contribution < 1.29 is 14.3 Å². The van der Waals surface area contributed by atoms with Gasteiger partial charge < -0.3 is 14.3 Å². The van der Waals surface area contributed by atoms with E-state index in [1.54, 1.807) is 28.8 Å². The minimum absolute atomic E-state index is 0.0899. The first-order valence-electron chi connectivity index (χ1n) is 13.2. The smallest absolute Gasteiger partial charge is 0.230 e. The predicted octanol–water partition coefficient (Wildman–Crippen LogP) is 6.12. The van der Waals surface area contributed by atoms with Gasteiger partial charge in [-0.15, -0.1) is 5.10 Å². The highest BCUT2D eigenvalue weighted by Gasteiger charge is 2.38. The number of hydrogen-bond acceptors (Lipinski definition) is 8. The van der Waals surface area contributed by atoms with Gasteiger partial charge >= 0.3 is 0 Å². The van der Waals surface area contributed by atoms with Gasteiger partial charge in [-0.1, -0.05) is 59.2 Å². The summed E-state index contributed by atoms with van der Waals surface area (Å²) in [5.41, 5.74) is 5.86. The second-order valence-electron chi connectivity index (χ2n) is 9.68. The minimum atomic E-state index is -0.291. The molecule has 4 heterocycles. The van der Waals surface area contributed by atoms with Gasteiger partial charge in [-0.2, -0.15) is 5.10 Å². The first kappa shape index (κ1) is 25.7. The van der Waals surface area contributed by atoms with Gasteiger partial charge in [0.25, 0.3) is 0 Å². The molecule has 0 saturated carbocycles. The maximum atomic E-state index is 6.47. The Kier molecular flexibility index (Phi) is 6.52. The molecule has 0 saturated heterocycles. The summed E-state index contributed by atoms with van der Waals surface area (Å²) in [7, 11) is 1.65. The van der Waals surface area contributed by atoms with E-state index in [9.17, 15) is 0 Å². The van der Waals surface area contributed by atoms with E-state index in [-0.39, 0.29) is 12.5 Å². The van der Waals surface area contributed by atoms with E-state index in [0.717, 1.165) is 39.4 Å². The van der Waals surface area contributed by atoms with E-state index >= 15 is 0 Å². The van der Waals surface area contributed by atoms with Crippen molar-refractivity contribution in [3.05, 3.63) is 124 Å². The fraction of sp³-hybridized carbons (Fsp3) is 0.129. The highest BCUT2D eigenvalue weighted by atomic mass is 35.5. The van der Waals surface area contributed by atoms with Crippen LogP contribution in [0.4, 0.5) is 0 Å². The molecule has 6 aromatic rings. The van der Waals surface area contributed by atoms with Crippen molar-refractivity contribution in [2.45, 2.75) is 19.4 Å². The lowest BCUT2D eigenvalue weighted by Crippen LogP contribution is -2.16. The van der Waals surface area contributed by atoms with Crippen LogP contribution in [0.25, 0.3) is 11.3 Å². The van der Waals surface area contributed by atoms with Crippen molar-refractivity contribution in [2.75, 3.05) is 7.11 Å². The summed E-state index contributed by atoms with van der Waals surface area (Å²) in [5.74, 6) is 1.93. The van der Waals surface area contributed by atoms with Gasteiger partial charge in [-0.25, -0.2) is 19.2 Å². The Balaban J connectivity index is 1.31. The van der Waals surface area contributed by atoms with Gasteiger partial charge in [-0.05, 0) is 54.4 Å². The summed E-state index contributed by atoms with van der Waals surface area (Å²) in [6, 6.07) is 25.1. The van der Waals surface area contributed by atoms with Crippen molar-refractivity contribution in [3.8, 4) is 23.2 Å². The average Bonchev–Trinajstić information content (AvgIpc) is 3.60. The lowest BCUT2D eigenvalue weighted by atomic mass is 9.84. The van der Waals surface area contributed by atoms with E-state index < -0.39 is 0 Å². The van der Waals surface area contributed by atoms with Gasteiger partial charge in [0, 0.05) is 5.02 Å². The lowest BCUT2D eigenvalue weighted by molar-refractivity contribution is 0.126. The fourth-order valence-corrected chi connectivity index (χ4v) is 5.23. The Hall–Kier alpha value is -5.22. The summed E-state index contributed by atoms with van der Waals surface area (Å²) >= 11 is 6.16. The molecule has 42 heavy (non-hydrogen) atoms. The highest BCUT2D eigenvalue weighted by Crippen LogP contribution is 2.49. The van der Waals surface area contributed by atoms with Gasteiger partial charge in [-0.3, -0.25) is 0 Å². The first-order chi connectivity index (χ1) is 20.6. The number of rotatable bonds is 7. The molecule has 1 aliphatic rings. The molecule has 10 nitrogen and oxygen atoms in total. The highest BCUT2D eigenvalue weighted by molar-refractivity contribution is 6.30. The van der Waals surface area contributed by atoms with Gasteiger partial charge in [0.1, 0.15) is 12.1 Å². The van der Waals surface area contributed by atoms with E-state index in [1.165, 1.54) is 0 Å². The molecule has 0 radical (unpaired) electrons. The molecule has 0 bridgehead atoms. The molecule has 1 atom stereocenters. The summed E-state index contributed by atoms with van der Waals surface area (Å²) in [6.07, 6.45) is 3.24. The SMILES string of the molecule is COc1ccc(C2c3c(C)nn(-c4ccc(Cl)cc4)c3Oc3ncn4nc(CO/N=C/c5ccccc5)nc4c32)cc1. The zero-order valence-corrected chi connectivity index (χ0v) is 23.4. The Morgan fingerprint density at radius 3 is 2.52 bits per heavy atom. The van der Waals surface area contributed by atoms with E-state index in [0.29, 0.717) is 28.3 Å². The minimum Gasteiger partial charge on any atom is -0.497 e. The third kappa shape index (κ3) is 4.61. The number of benzene rings is 3. The molecule has 208 valence electrons. The fourth-order valence-electron chi connectivity index (χ4n) is 5.10. The van der Waals surface area contributed by atoms with Crippen molar-refractivity contribution in [2.24, 2.45) is 5.16 Å². The van der Waals surface area contributed by atoms with E-state index in [4.69, 9.17) is 36.0 Å². The molecule has 3 aromatic carbocycles. The maximum absolute atomic E-state index is 6.47. The Labute approximate surface area is 245 Å². The molecule has 0 fully saturated rings. The molecule has 0 amide bonds. The summed E-state index contributed by atoms with van der Waals surface area (Å²) in [4.78, 5) is 15.0. The normalized spacial score (nSPS) is 14.0. The molecule has 1 unspecified atom stereocenters. The summed E-state index contributed by atoms with van der Waals surface area (Å²) < 4.78 is 15.3. The Morgan fingerprint density at radius 1 is 0.976 bits per heavy atom. The zero-order chi connectivity index (χ0) is 28.6. The molecule has 0 spiro atoms. The third-order valence-corrected chi connectivity index (χ3v) is 7.31. The quantitative estimate of drug-likeness (QED) is 0.166. The van der Waals surface area contributed by atoms with Crippen LogP contribution in [0.5, 0.6) is 17.5 Å². The molecule has 7 rings (SSSR count). The monoisotopic (exact) mass is 577 g/mol. The summed E-state index contributed by atoms with van der Waals surface area (Å²) in [5, 5.41) is 14.2. The second kappa shape index (κ2) is 10.6. The van der Waals surface area contributed by atoms with Crippen LogP contribution in [0.15, 0.2) is 90.3 Å². The topological polar surface area (TPSA) is 101 Å². The predicted molar refractivity (Wildman–Crippen MR) is 157 cm³/mol. The van der Waals surface area contributed by atoms with Crippen molar-refractivity contribution in [1.29, 1.82) is 0 Å². The molecular formula is C31H24ClN7O3. The number of oxime groups is 1. The maximum Gasteiger partial charge on any atom is 0.230 e. The number of ether oxygens (including phenoxy) is 2. The van der Waals surface area contributed by atoms with Crippen molar-refractivity contribution in [1.82, 2.24) is 29.4 Å². The molecule has 0 N–H and O–H groups in total. The second-order valence-corrected chi connectivity index (χ2v) is 10.1. The number of hydrogen-bond donors (Lipinski definition) is 0. The van der Waals surface area contributed by atoms with Crippen LogP contribution in [0, 0.1) is 6.92 Å². The zero-order valence-electron chi connectivity index (χ0n) is 22.7.